The van der Waals surface area contributed by atoms with Crippen molar-refractivity contribution < 1.29 is 9.18 Å². The van der Waals surface area contributed by atoms with E-state index in [0.717, 1.165) is 50.4 Å². The van der Waals surface area contributed by atoms with Gasteiger partial charge in [0.15, 0.2) is 5.82 Å². The van der Waals surface area contributed by atoms with E-state index in [2.05, 4.69) is 46.1 Å². The summed E-state index contributed by atoms with van der Waals surface area (Å²) in [5, 5.41) is 11.3. The van der Waals surface area contributed by atoms with Gasteiger partial charge < -0.3 is 10.2 Å². The summed E-state index contributed by atoms with van der Waals surface area (Å²) in [6, 6.07) is 10.1. The number of nitrogens with one attached hydrogen (secondary N) is 1. The Kier molecular flexibility index (Phi) is 7.37. The number of carbonyl (C=O) groups excluding carboxylic acids is 1. The van der Waals surface area contributed by atoms with Crippen molar-refractivity contribution in [1.82, 2.24) is 20.4 Å². The first-order valence-electron chi connectivity index (χ1n) is 10.6. The predicted molar refractivity (Wildman–Crippen MR) is 117 cm³/mol. The molecule has 0 saturated carbocycles. The number of nitrogens with zero attached hydrogens (tertiary/aromatic N) is 4. The highest BCUT2D eigenvalue weighted by molar-refractivity contribution is 5.78. The number of rotatable bonds is 6. The van der Waals surface area contributed by atoms with Crippen molar-refractivity contribution in [2.75, 3.05) is 37.6 Å². The molecule has 3 rings (SSSR count). The highest BCUT2D eigenvalue weighted by Crippen LogP contribution is 2.29. The van der Waals surface area contributed by atoms with E-state index in [1.54, 1.807) is 18.3 Å². The highest BCUT2D eigenvalue weighted by atomic mass is 19.1. The molecule has 162 valence electrons. The van der Waals surface area contributed by atoms with E-state index in [4.69, 9.17) is 0 Å². The molecule has 1 unspecified atom stereocenters. The fourth-order valence-corrected chi connectivity index (χ4v) is 3.82. The fourth-order valence-electron chi connectivity index (χ4n) is 3.82. The van der Waals surface area contributed by atoms with Crippen LogP contribution >= 0.6 is 0 Å². The molecule has 1 saturated heterocycles. The second-order valence-electron chi connectivity index (χ2n) is 9.14. The molecule has 1 atom stereocenters. The maximum atomic E-state index is 13.3. The van der Waals surface area contributed by atoms with Gasteiger partial charge in [-0.2, -0.15) is 5.10 Å². The third-order valence-corrected chi connectivity index (χ3v) is 5.26. The molecule has 1 aromatic heterocycles. The highest BCUT2D eigenvalue weighted by Gasteiger charge is 2.24. The van der Waals surface area contributed by atoms with E-state index in [-0.39, 0.29) is 23.2 Å². The minimum absolute atomic E-state index is 0.00141. The number of carbonyl (C=O) groups is 1. The molecule has 1 amide bonds. The topological polar surface area (TPSA) is 61.4 Å². The molecule has 7 heteroatoms. The quantitative estimate of drug-likeness (QED) is 0.786. The summed E-state index contributed by atoms with van der Waals surface area (Å²) in [5.41, 5.74) is 0.968. The van der Waals surface area contributed by atoms with Gasteiger partial charge >= 0.3 is 0 Å². The molecule has 0 bridgehead atoms. The van der Waals surface area contributed by atoms with E-state index in [1.807, 2.05) is 12.1 Å². The molecule has 2 heterocycles. The van der Waals surface area contributed by atoms with Gasteiger partial charge in [0, 0.05) is 32.4 Å². The molecule has 0 radical (unpaired) electrons. The molecule has 30 heavy (non-hydrogen) atoms. The molecule has 2 aromatic rings. The Morgan fingerprint density at radius 1 is 1.13 bits per heavy atom. The summed E-state index contributed by atoms with van der Waals surface area (Å²) in [5.74, 6) is 0.615. The van der Waals surface area contributed by atoms with Crippen LogP contribution < -0.4 is 10.2 Å². The van der Waals surface area contributed by atoms with Gasteiger partial charge in [0.25, 0.3) is 0 Å². The van der Waals surface area contributed by atoms with Crippen LogP contribution in [0.2, 0.25) is 0 Å². The number of aromatic nitrogens is 2. The second kappa shape index (κ2) is 9.98. The van der Waals surface area contributed by atoms with Gasteiger partial charge in [-0.15, -0.1) is 5.10 Å². The SMILES string of the molecule is CC(C)(C)CC(NC(=O)CN1CCCN(c2cccnn2)CC1)c1ccc(F)cc1. The molecular formula is C23H32FN5O. The monoisotopic (exact) mass is 413 g/mol. The minimum Gasteiger partial charge on any atom is -0.354 e. The lowest BCUT2D eigenvalue weighted by atomic mass is 9.85. The van der Waals surface area contributed by atoms with Crippen molar-refractivity contribution in [3.05, 3.63) is 54.0 Å². The summed E-state index contributed by atoms with van der Waals surface area (Å²) < 4.78 is 13.3. The predicted octanol–water partition coefficient (Wildman–Crippen LogP) is 3.42. The zero-order chi connectivity index (χ0) is 21.6. The van der Waals surface area contributed by atoms with Gasteiger partial charge in [-0.05, 0) is 48.1 Å². The van der Waals surface area contributed by atoms with Crippen molar-refractivity contribution in [1.29, 1.82) is 0 Å². The summed E-state index contributed by atoms with van der Waals surface area (Å²) in [6.07, 6.45) is 3.42. The smallest absolute Gasteiger partial charge is 0.234 e. The van der Waals surface area contributed by atoms with Crippen LogP contribution in [0.4, 0.5) is 10.2 Å². The van der Waals surface area contributed by atoms with E-state index < -0.39 is 0 Å². The largest absolute Gasteiger partial charge is 0.354 e. The first-order valence-corrected chi connectivity index (χ1v) is 10.6. The van der Waals surface area contributed by atoms with Crippen molar-refractivity contribution in [3.63, 3.8) is 0 Å². The fraction of sp³-hybridized carbons (Fsp3) is 0.522. The van der Waals surface area contributed by atoms with Crippen LogP contribution in [0.25, 0.3) is 0 Å². The van der Waals surface area contributed by atoms with Crippen molar-refractivity contribution in [2.24, 2.45) is 5.41 Å². The van der Waals surface area contributed by atoms with Crippen molar-refractivity contribution >= 4 is 11.7 Å². The van der Waals surface area contributed by atoms with Crippen LogP contribution in [0.15, 0.2) is 42.6 Å². The van der Waals surface area contributed by atoms with Crippen LogP contribution in [0.1, 0.15) is 45.2 Å². The van der Waals surface area contributed by atoms with Gasteiger partial charge in [-0.3, -0.25) is 9.69 Å². The van der Waals surface area contributed by atoms with Crippen molar-refractivity contribution in [3.8, 4) is 0 Å². The average Bonchev–Trinajstić information content (AvgIpc) is 2.93. The lowest BCUT2D eigenvalue weighted by molar-refractivity contribution is -0.123. The molecule has 6 nitrogen and oxygen atoms in total. The summed E-state index contributed by atoms with van der Waals surface area (Å²) in [6.45, 7) is 10.2. The number of halogens is 1. The minimum atomic E-state index is -0.267. The zero-order valence-electron chi connectivity index (χ0n) is 18.1. The van der Waals surface area contributed by atoms with Gasteiger partial charge in [0.05, 0.1) is 12.6 Å². The number of hydrogen-bond acceptors (Lipinski definition) is 5. The molecule has 0 aliphatic carbocycles. The van der Waals surface area contributed by atoms with Crippen LogP contribution in [-0.2, 0) is 4.79 Å². The zero-order valence-corrected chi connectivity index (χ0v) is 18.1. The molecular weight excluding hydrogens is 381 g/mol. The maximum Gasteiger partial charge on any atom is 0.234 e. The standard InChI is InChI=1S/C23H32FN5O/c1-23(2,3)16-20(18-7-9-19(24)10-8-18)26-22(30)17-28-12-5-13-29(15-14-28)21-6-4-11-25-27-21/h4,6-11,20H,5,12-17H2,1-3H3,(H,26,30). The number of benzene rings is 1. The summed E-state index contributed by atoms with van der Waals surface area (Å²) >= 11 is 0. The second-order valence-corrected chi connectivity index (χ2v) is 9.14. The third kappa shape index (κ3) is 6.76. The van der Waals surface area contributed by atoms with Crippen molar-refractivity contribution in [2.45, 2.75) is 39.7 Å². The molecule has 1 fully saturated rings. The normalized spacial score (nSPS) is 16.7. The van der Waals surface area contributed by atoms with E-state index in [9.17, 15) is 9.18 Å². The Labute approximate surface area is 178 Å². The summed E-state index contributed by atoms with van der Waals surface area (Å²) in [4.78, 5) is 17.2. The molecule has 1 N–H and O–H groups in total. The average molecular weight is 414 g/mol. The molecule has 1 aromatic carbocycles. The van der Waals surface area contributed by atoms with Crippen LogP contribution in [0.5, 0.6) is 0 Å². The lowest BCUT2D eigenvalue weighted by Gasteiger charge is -2.28. The lowest BCUT2D eigenvalue weighted by Crippen LogP contribution is -2.41. The van der Waals surface area contributed by atoms with Crippen LogP contribution in [-0.4, -0.2) is 53.7 Å². The van der Waals surface area contributed by atoms with Crippen LogP contribution in [0, 0.1) is 11.2 Å². The third-order valence-electron chi connectivity index (χ3n) is 5.26. The molecule has 1 aliphatic rings. The van der Waals surface area contributed by atoms with Crippen LogP contribution in [0.3, 0.4) is 0 Å². The van der Waals surface area contributed by atoms with Gasteiger partial charge in [-0.1, -0.05) is 32.9 Å². The number of anilines is 1. The molecule has 1 aliphatic heterocycles. The Bertz CT molecular complexity index is 807. The first kappa shape index (κ1) is 22.2. The number of amides is 1. The van der Waals surface area contributed by atoms with E-state index >= 15 is 0 Å². The van der Waals surface area contributed by atoms with E-state index in [1.165, 1.54) is 12.1 Å². The number of hydrogen-bond donors (Lipinski definition) is 1. The Morgan fingerprint density at radius 2 is 1.90 bits per heavy atom. The Balaban J connectivity index is 1.58. The first-order chi connectivity index (χ1) is 14.3. The molecule has 0 spiro atoms. The van der Waals surface area contributed by atoms with Gasteiger partial charge in [0.1, 0.15) is 5.82 Å². The van der Waals surface area contributed by atoms with Gasteiger partial charge in [0.2, 0.25) is 5.91 Å². The Morgan fingerprint density at radius 3 is 2.57 bits per heavy atom. The Hall–Kier alpha value is -2.54. The van der Waals surface area contributed by atoms with E-state index in [0.29, 0.717) is 6.54 Å². The maximum absolute atomic E-state index is 13.3. The van der Waals surface area contributed by atoms with Gasteiger partial charge in [-0.25, -0.2) is 4.39 Å². The summed E-state index contributed by atoms with van der Waals surface area (Å²) in [7, 11) is 0.